The van der Waals surface area contributed by atoms with Crippen LogP contribution in [0, 0.1) is 5.82 Å². The van der Waals surface area contributed by atoms with Crippen LogP contribution in [0.15, 0.2) is 46.4 Å². The first-order valence-electron chi connectivity index (χ1n) is 8.39. The summed E-state index contributed by atoms with van der Waals surface area (Å²) in [5, 5.41) is 3.21. The van der Waals surface area contributed by atoms with E-state index in [4.69, 9.17) is 0 Å². The molecule has 0 bridgehead atoms. The first kappa shape index (κ1) is 20.2. The van der Waals surface area contributed by atoms with Gasteiger partial charge < -0.3 is 10.1 Å². The minimum Gasteiger partial charge on any atom is -0.481 e. The van der Waals surface area contributed by atoms with Crippen LogP contribution in [-0.4, -0.2) is 30.1 Å². The molecule has 0 atom stereocenters. The van der Waals surface area contributed by atoms with E-state index in [1.54, 1.807) is 11.2 Å². The summed E-state index contributed by atoms with van der Waals surface area (Å²) in [7, 11) is 0. The van der Waals surface area contributed by atoms with Crippen molar-refractivity contribution in [3.05, 3.63) is 47.2 Å². The molecule has 0 fully saturated rings. The van der Waals surface area contributed by atoms with Gasteiger partial charge in [-0.25, -0.2) is 9.38 Å². The van der Waals surface area contributed by atoms with Gasteiger partial charge in [0, 0.05) is 11.6 Å². The van der Waals surface area contributed by atoms with Crippen molar-refractivity contribution in [2.24, 2.45) is 4.99 Å². The Morgan fingerprint density at radius 3 is 2.75 bits per heavy atom. The van der Waals surface area contributed by atoms with Gasteiger partial charge >= 0.3 is 6.18 Å². The molecule has 0 spiro atoms. The molecule has 0 unspecified atom stereocenters. The summed E-state index contributed by atoms with van der Waals surface area (Å²) >= 11 is 1.30. The van der Waals surface area contributed by atoms with E-state index in [-0.39, 0.29) is 12.3 Å². The number of benzene rings is 1. The number of carbonyl (C=O) groups is 1. The van der Waals surface area contributed by atoms with E-state index in [0.717, 1.165) is 12.1 Å². The van der Waals surface area contributed by atoms with E-state index in [0.29, 0.717) is 34.4 Å². The number of amidine groups is 1. The Balaban J connectivity index is 1.97. The van der Waals surface area contributed by atoms with Gasteiger partial charge in [-0.15, -0.1) is 0 Å². The maximum Gasteiger partial charge on any atom is 0.422 e. The van der Waals surface area contributed by atoms with E-state index in [1.807, 2.05) is 13.0 Å². The van der Waals surface area contributed by atoms with Gasteiger partial charge in [0.1, 0.15) is 5.82 Å². The van der Waals surface area contributed by atoms with Crippen LogP contribution in [0.3, 0.4) is 0 Å². The molecule has 0 radical (unpaired) electrons. The summed E-state index contributed by atoms with van der Waals surface area (Å²) in [6.45, 7) is 0.351. The topological polar surface area (TPSA) is 53.9 Å². The summed E-state index contributed by atoms with van der Waals surface area (Å²) in [5.74, 6) is -1.12. The zero-order valence-electron chi connectivity index (χ0n) is 15.1. The van der Waals surface area contributed by atoms with E-state index in [9.17, 15) is 22.4 Å². The van der Waals surface area contributed by atoms with Crippen LogP contribution in [0.25, 0.3) is 0 Å². The molecule has 1 amide bonds. The zero-order valence-corrected chi connectivity index (χ0v) is 15.9. The van der Waals surface area contributed by atoms with Crippen LogP contribution in [0.4, 0.5) is 23.2 Å². The highest BCUT2D eigenvalue weighted by Crippen LogP contribution is 2.38. The average Bonchev–Trinajstić information content (AvgIpc) is 3.00. The lowest BCUT2D eigenvalue weighted by Crippen LogP contribution is -2.32. The van der Waals surface area contributed by atoms with Crippen LogP contribution in [0.2, 0.25) is 0 Å². The maximum absolute atomic E-state index is 14.4. The molecule has 0 saturated carbocycles. The minimum absolute atomic E-state index is 0.151. The van der Waals surface area contributed by atoms with Crippen molar-refractivity contribution in [1.29, 1.82) is 0 Å². The van der Waals surface area contributed by atoms with Crippen LogP contribution in [-0.2, 0) is 4.79 Å². The lowest BCUT2D eigenvalue weighted by molar-refractivity contribution is -0.153. The average molecular weight is 415 g/mol. The molecular weight excluding hydrogens is 398 g/mol. The summed E-state index contributed by atoms with van der Waals surface area (Å²) in [4.78, 5) is 17.9. The van der Waals surface area contributed by atoms with Crippen LogP contribution >= 0.6 is 11.8 Å². The number of rotatable bonds is 4. The normalized spacial score (nSPS) is 18.4. The number of halogens is 4. The second-order valence-electron chi connectivity index (χ2n) is 6.00. The molecule has 2 aliphatic heterocycles. The number of allylic oxidation sites excluding steroid dienone is 2. The number of aliphatic imine (C=N–C) groups is 1. The van der Waals surface area contributed by atoms with Crippen molar-refractivity contribution in [2.45, 2.75) is 25.9 Å². The molecule has 0 aromatic heterocycles. The fourth-order valence-electron chi connectivity index (χ4n) is 2.89. The number of anilines is 1. The monoisotopic (exact) mass is 415 g/mol. The van der Waals surface area contributed by atoms with Gasteiger partial charge in [-0.3, -0.25) is 9.69 Å². The number of nitrogens with zero attached hydrogens (tertiary/aromatic N) is 2. The Bertz CT molecular complexity index is 893. The van der Waals surface area contributed by atoms with Crippen LogP contribution < -0.4 is 15.0 Å². The second-order valence-corrected chi connectivity index (χ2v) is 6.78. The first-order valence-corrected chi connectivity index (χ1v) is 9.61. The van der Waals surface area contributed by atoms with Gasteiger partial charge in [0.15, 0.2) is 23.3 Å². The Kier molecular flexibility index (Phi) is 5.69. The maximum atomic E-state index is 14.4. The minimum atomic E-state index is -4.56. The Morgan fingerprint density at radius 2 is 2.14 bits per heavy atom. The van der Waals surface area contributed by atoms with Crippen molar-refractivity contribution in [3.8, 4) is 5.75 Å². The molecule has 10 heteroatoms. The van der Waals surface area contributed by atoms with E-state index < -0.39 is 24.3 Å². The zero-order chi connectivity index (χ0) is 20.5. The van der Waals surface area contributed by atoms with Crippen molar-refractivity contribution < 1.29 is 27.1 Å². The molecule has 2 aliphatic rings. The molecule has 3 rings (SSSR count). The van der Waals surface area contributed by atoms with Crippen molar-refractivity contribution in [1.82, 2.24) is 5.32 Å². The lowest BCUT2D eigenvalue weighted by atomic mass is 10.1. The van der Waals surface area contributed by atoms with E-state index in [2.05, 4.69) is 15.0 Å². The number of nitrogens with one attached hydrogen (secondary N) is 1. The first-order chi connectivity index (χ1) is 13.2. The number of thioether (sulfide) groups is 1. The van der Waals surface area contributed by atoms with E-state index >= 15 is 0 Å². The third kappa shape index (κ3) is 4.16. The predicted molar refractivity (Wildman–Crippen MR) is 99.5 cm³/mol. The largest absolute Gasteiger partial charge is 0.481 e. The molecule has 1 aromatic rings. The fourth-order valence-corrected chi connectivity index (χ4v) is 3.46. The highest BCUT2D eigenvalue weighted by Gasteiger charge is 2.34. The molecule has 28 heavy (non-hydrogen) atoms. The molecule has 5 nitrogen and oxygen atoms in total. The standard InChI is InChI=1S/C18H17F4N3O2S/c1-3-4-13-11-8-15(26)23-16(11)24-17(28-2)25(13)10-5-6-14(12(19)7-10)27-9-18(20,21)22/h4-7H,3,8-9H2,1-2H3,(H,23,26)/b13-4+. The SMILES string of the molecule is CC/C=C1\C2=C(N=C(SC)N1c1ccc(OCC(F)(F)F)c(F)c1)NC(=O)C2. The molecule has 1 N–H and O–H groups in total. The predicted octanol–water partition coefficient (Wildman–Crippen LogP) is 4.33. The summed E-state index contributed by atoms with van der Waals surface area (Å²) in [5.41, 5.74) is 1.76. The molecule has 0 aliphatic carbocycles. The quantitative estimate of drug-likeness (QED) is 0.744. The number of amides is 1. The lowest BCUT2D eigenvalue weighted by Gasteiger charge is -2.31. The molecule has 2 heterocycles. The van der Waals surface area contributed by atoms with Crippen molar-refractivity contribution in [3.63, 3.8) is 0 Å². The van der Waals surface area contributed by atoms with Gasteiger partial charge in [0.2, 0.25) is 5.91 Å². The van der Waals surface area contributed by atoms with Crippen molar-refractivity contribution in [2.75, 3.05) is 17.8 Å². The summed E-state index contributed by atoms with van der Waals surface area (Å²) < 4.78 is 55.8. The number of ether oxygens (including phenoxy) is 1. The molecule has 150 valence electrons. The smallest absolute Gasteiger partial charge is 0.422 e. The molecule has 1 aromatic carbocycles. The highest BCUT2D eigenvalue weighted by atomic mass is 32.2. The molecular formula is C18H17F4N3O2S. The number of hydrogen-bond donors (Lipinski definition) is 1. The highest BCUT2D eigenvalue weighted by molar-refractivity contribution is 8.13. The van der Waals surface area contributed by atoms with Gasteiger partial charge in [0.05, 0.1) is 17.8 Å². The Hall–Kier alpha value is -2.49. The number of hydrogen-bond acceptors (Lipinski definition) is 5. The fraction of sp³-hybridized carbons (Fsp3) is 0.333. The van der Waals surface area contributed by atoms with Gasteiger partial charge in [-0.1, -0.05) is 24.8 Å². The summed E-state index contributed by atoms with van der Waals surface area (Å²) in [6, 6.07) is 3.70. The third-order valence-electron chi connectivity index (χ3n) is 3.97. The van der Waals surface area contributed by atoms with Crippen LogP contribution in [0.1, 0.15) is 19.8 Å². The Labute approximate surface area is 163 Å². The number of carbonyl (C=O) groups excluding carboxylic acids is 1. The van der Waals surface area contributed by atoms with Crippen LogP contribution in [0.5, 0.6) is 5.75 Å². The van der Waals surface area contributed by atoms with Gasteiger partial charge in [0.25, 0.3) is 0 Å². The van der Waals surface area contributed by atoms with Crippen molar-refractivity contribution >= 4 is 28.5 Å². The third-order valence-corrected chi connectivity index (χ3v) is 4.61. The number of alkyl halides is 3. The summed E-state index contributed by atoms with van der Waals surface area (Å²) in [6.07, 6.45) is -0.0637. The van der Waals surface area contributed by atoms with E-state index in [1.165, 1.54) is 17.8 Å². The molecule has 0 saturated heterocycles. The van der Waals surface area contributed by atoms with Gasteiger partial charge in [-0.2, -0.15) is 13.2 Å². The second kappa shape index (κ2) is 7.86. The Morgan fingerprint density at radius 1 is 1.39 bits per heavy atom. The van der Waals surface area contributed by atoms with Gasteiger partial charge in [-0.05, 0) is 24.8 Å².